The second-order valence-electron chi connectivity index (χ2n) is 4.48. The molecule has 0 radical (unpaired) electrons. The molecule has 7 heteroatoms. The van der Waals surface area contributed by atoms with Gasteiger partial charge >= 0.3 is 0 Å². The fourth-order valence-corrected chi connectivity index (χ4v) is 6.11. The largest absolute Gasteiger partial charge is 0.244 e. The fourth-order valence-electron chi connectivity index (χ4n) is 1.99. The van der Waals surface area contributed by atoms with E-state index in [2.05, 4.69) is 15.9 Å². The third kappa shape index (κ3) is 4.07. The summed E-state index contributed by atoms with van der Waals surface area (Å²) in [7, 11) is -3.54. The van der Waals surface area contributed by atoms with Crippen LogP contribution in [0.1, 0.15) is 10.4 Å². The molecule has 1 heterocycles. The van der Waals surface area contributed by atoms with Crippen molar-refractivity contribution in [2.24, 2.45) is 0 Å². The SMILES string of the molecule is Cc1sc(Br)cc1S(=O)(=O)N(CCCl)Cc1ccccc1. The maximum absolute atomic E-state index is 12.8. The lowest BCUT2D eigenvalue weighted by atomic mass is 10.2. The first-order chi connectivity index (χ1) is 9.95. The van der Waals surface area contributed by atoms with Gasteiger partial charge in [-0.15, -0.1) is 22.9 Å². The molecule has 0 unspecified atom stereocenters. The quantitative estimate of drug-likeness (QED) is 0.670. The van der Waals surface area contributed by atoms with Gasteiger partial charge in [0.1, 0.15) is 0 Å². The third-order valence-electron chi connectivity index (χ3n) is 3.00. The van der Waals surface area contributed by atoms with Crippen molar-refractivity contribution in [3.63, 3.8) is 0 Å². The molecule has 114 valence electrons. The highest BCUT2D eigenvalue weighted by Gasteiger charge is 2.27. The van der Waals surface area contributed by atoms with E-state index < -0.39 is 10.0 Å². The molecule has 0 bridgehead atoms. The highest BCUT2D eigenvalue weighted by atomic mass is 79.9. The molecular formula is C14H15BrClNO2S2. The van der Waals surface area contributed by atoms with E-state index in [1.165, 1.54) is 15.6 Å². The Morgan fingerprint density at radius 1 is 1.29 bits per heavy atom. The fraction of sp³-hybridized carbons (Fsp3) is 0.286. The Bertz CT molecular complexity index is 701. The minimum atomic E-state index is -3.54. The summed E-state index contributed by atoms with van der Waals surface area (Å²) in [5.74, 6) is 0.260. The highest BCUT2D eigenvalue weighted by molar-refractivity contribution is 9.11. The Balaban J connectivity index is 2.35. The Labute approximate surface area is 142 Å². The summed E-state index contributed by atoms with van der Waals surface area (Å²) in [5.41, 5.74) is 0.943. The molecule has 0 fully saturated rings. The van der Waals surface area contributed by atoms with Crippen LogP contribution in [0.5, 0.6) is 0 Å². The van der Waals surface area contributed by atoms with Crippen LogP contribution in [0, 0.1) is 6.92 Å². The normalized spacial score (nSPS) is 12.0. The summed E-state index contributed by atoms with van der Waals surface area (Å²) >= 11 is 10.5. The Morgan fingerprint density at radius 2 is 1.95 bits per heavy atom. The van der Waals surface area contributed by atoms with Crippen molar-refractivity contribution in [1.29, 1.82) is 0 Å². The molecule has 2 aromatic rings. The van der Waals surface area contributed by atoms with Crippen molar-refractivity contribution >= 4 is 48.9 Å². The number of rotatable bonds is 6. The summed E-state index contributed by atoms with van der Waals surface area (Å²) in [5, 5.41) is 0. The number of hydrogen-bond donors (Lipinski definition) is 0. The maximum atomic E-state index is 12.8. The number of benzene rings is 1. The minimum Gasteiger partial charge on any atom is -0.207 e. The lowest BCUT2D eigenvalue weighted by Crippen LogP contribution is -2.32. The van der Waals surface area contributed by atoms with Crippen LogP contribution in [-0.2, 0) is 16.6 Å². The molecule has 0 aliphatic rings. The zero-order valence-electron chi connectivity index (χ0n) is 11.4. The summed E-state index contributed by atoms with van der Waals surface area (Å²) < 4.78 is 27.9. The van der Waals surface area contributed by atoms with Crippen molar-refractivity contribution in [3.8, 4) is 0 Å². The molecular weight excluding hydrogens is 394 g/mol. The average molecular weight is 409 g/mol. The molecule has 0 atom stereocenters. The zero-order valence-corrected chi connectivity index (χ0v) is 15.4. The first-order valence-corrected chi connectivity index (χ1v) is 9.89. The summed E-state index contributed by atoms with van der Waals surface area (Å²) in [4.78, 5) is 1.12. The maximum Gasteiger partial charge on any atom is 0.244 e. The van der Waals surface area contributed by atoms with E-state index in [1.54, 1.807) is 6.07 Å². The predicted octanol–water partition coefficient (Wildman–Crippen LogP) is 4.25. The number of sulfonamides is 1. The van der Waals surface area contributed by atoms with E-state index in [1.807, 2.05) is 37.3 Å². The van der Waals surface area contributed by atoms with Crippen LogP contribution in [0.4, 0.5) is 0 Å². The van der Waals surface area contributed by atoms with Gasteiger partial charge in [0.05, 0.1) is 8.68 Å². The molecule has 0 amide bonds. The molecule has 0 aliphatic heterocycles. The molecule has 2 rings (SSSR count). The first-order valence-electron chi connectivity index (χ1n) is 6.31. The Morgan fingerprint density at radius 3 is 2.48 bits per heavy atom. The smallest absolute Gasteiger partial charge is 0.207 e. The summed E-state index contributed by atoms with van der Waals surface area (Å²) in [6.45, 7) is 2.41. The average Bonchev–Trinajstić information content (AvgIpc) is 2.79. The van der Waals surface area contributed by atoms with Crippen molar-refractivity contribution < 1.29 is 8.42 Å². The van der Waals surface area contributed by atoms with Crippen LogP contribution in [-0.4, -0.2) is 25.1 Å². The molecule has 21 heavy (non-hydrogen) atoms. The summed E-state index contributed by atoms with van der Waals surface area (Å²) in [6.07, 6.45) is 0. The topological polar surface area (TPSA) is 37.4 Å². The standard InChI is InChI=1S/C14H15BrClNO2S2/c1-11-13(9-14(15)20-11)21(18,19)17(8-7-16)10-12-5-3-2-4-6-12/h2-6,9H,7-8,10H2,1H3. The molecule has 3 nitrogen and oxygen atoms in total. The van der Waals surface area contributed by atoms with Crippen LogP contribution in [0.3, 0.4) is 0 Å². The van der Waals surface area contributed by atoms with Crippen molar-refractivity contribution in [2.75, 3.05) is 12.4 Å². The van der Waals surface area contributed by atoms with Crippen molar-refractivity contribution in [3.05, 3.63) is 50.6 Å². The number of aryl methyl sites for hydroxylation is 1. The van der Waals surface area contributed by atoms with Gasteiger partial charge < -0.3 is 0 Å². The van der Waals surface area contributed by atoms with Gasteiger partial charge in [0.2, 0.25) is 10.0 Å². The van der Waals surface area contributed by atoms with Crippen molar-refractivity contribution in [1.82, 2.24) is 4.31 Å². The van der Waals surface area contributed by atoms with Gasteiger partial charge in [0, 0.05) is 23.8 Å². The Kier molecular flexibility index (Phi) is 5.85. The van der Waals surface area contributed by atoms with Gasteiger partial charge in [-0.05, 0) is 34.5 Å². The lowest BCUT2D eigenvalue weighted by molar-refractivity contribution is 0.425. The molecule has 0 spiro atoms. The van der Waals surface area contributed by atoms with E-state index in [4.69, 9.17) is 11.6 Å². The number of nitrogens with zero attached hydrogens (tertiary/aromatic N) is 1. The van der Waals surface area contributed by atoms with Gasteiger partial charge in [-0.1, -0.05) is 30.3 Å². The molecule has 1 aromatic carbocycles. The number of halogens is 2. The molecule has 0 saturated carbocycles. The molecule has 1 aromatic heterocycles. The van der Waals surface area contributed by atoms with E-state index in [-0.39, 0.29) is 12.4 Å². The van der Waals surface area contributed by atoms with Gasteiger partial charge in [0.25, 0.3) is 0 Å². The third-order valence-corrected chi connectivity index (χ3v) is 6.82. The Hall–Kier alpha value is -0.400. The van der Waals surface area contributed by atoms with Crippen molar-refractivity contribution in [2.45, 2.75) is 18.4 Å². The molecule has 0 N–H and O–H groups in total. The van der Waals surface area contributed by atoms with Crippen LogP contribution >= 0.6 is 38.9 Å². The second kappa shape index (κ2) is 7.24. The zero-order chi connectivity index (χ0) is 15.5. The van der Waals surface area contributed by atoms with E-state index >= 15 is 0 Å². The lowest BCUT2D eigenvalue weighted by Gasteiger charge is -2.21. The summed E-state index contributed by atoms with van der Waals surface area (Å²) in [6, 6.07) is 11.2. The van der Waals surface area contributed by atoms with E-state index in [0.29, 0.717) is 11.4 Å². The number of alkyl halides is 1. The first kappa shape index (κ1) is 17.0. The second-order valence-corrected chi connectivity index (χ2v) is 9.40. The highest BCUT2D eigenvalue weighted by Crippen LogP contribution is 2.32. The van der Waals surface area contributed by atoms with Crippen LogP contribution < -0.4 is 0 Å². The molecule has 0 aliphatic carbocycles. The van der Waals surface area contributed by atoms with Gasteiger partial charge in [0.15, 0.2) is 0 Å². The van der Waals surface area contributed by atoms with Gasteiger partial charge in [-0.2, -0.15) is 4.31 Å². The van der Waals surface area contributed by atoms with Gasteiger partial charge in [-0.3, -0.25) is 0 Å². The van der Waals surface area contributed by atoms with E-state index in [9.17, 15) is 8.42 Å². The molecule has 0 saturated heterocycles. The number of thiophene rings is 1. The van der Waals surface area contributed by atoms with Gasteiger partial charge in [-0.25, -0.2) is 8.42 Å². The monoisotopic (exact) mass is 407 g/mol. The van der Waals surface area contributed by atoms with E-state index in [0.717, 1.165) is 14.2 Å². The number of hydrogen-bond acceptors (Lipinski definition) is 3. The van der Waals surface area contributed by atoms with Crippen LogP contribution in [0.25, 0.3) is 0 Å². The van der Waals surface area contributed by atoms with Crippen LogP contribution in [0.2, 0.25) is 0 Å². The van der Waals surface area contributed by atoms with Crippen LogP contribution in [0.15, 0.2) is 45.1 Å². The minimum absolute atomic E-state index is 0.260. The predicted molar refractivity (Wildman–Crippen MR) is 91.5 cm³/mol.